The summed E-state index contributed by atoms with van der Waals surface area (Å²) < 4.78 is 6.02. The quantitative estimate of drug-likeness (QED) is 0.481. The molecule has 0 radical (unpaired) electrons. The summed E-state index contributed by atoms with van der Waals surface area (Å²) in [7, 11) is -1.52. The lowest BCUT2D eigenvalue weighted by Gasteiger charge is -2.35. The summed E-state index contributed by atoms with van der Waals surface area (Å²) in [5, 5.41) is 0. The molecule has 12 heavy (non-hydrogen) atoms. The summed E-state index contributed by atoms with van der Waals surface area (Å²) >= 11 is 0. The van der Waals surface area contributed by atoms with Crippen molar-refractivity contribution in [1.29, 1.82) is 0 Å². The average Bonchev–Trinajstić information content (AvgIpc) is 2.18. The van der Waals surface area contributed by atoms with Crippen LogP contribution in [0.1, 0.15) is 19.8 Å². The Morgan fingerprint density at radius 1 is 1.58 bits per heavy atom. The van der Waals surface area contributed by atoms with Crippen molar-refractivity contribution in [2.24, 2.45) is 0 Å². The Morgan fingerprint density at radius 2 is 2.33 bits per heavy atom. The van der Waals surface area contributed by atoms with Crippen molar-refractivity contribution in [3.05, 3.63) is 24.9 Å². The molecule has 0 aromatic carbocycles. The normalized spacial score (nSPS) is 35.9. The SMILES string of the molecule is C=CC1CCC[Si](C=C)(CC)O1. The van der Waals surface area contributed by atoms with Crippen molar-refractivity contribution in [2.45, 2.75) is 38.0 Å². The summed E-state index contributed by atoms with van der Waals surface area (Å²) in [4.78, 5) is 0. The first-order valence-electron chi connectivity index (χ1n) is 4.70. The monoisotopic (exact) mass is 182 g/mol. The van der Waals surface area contributed by atoms with Crippen molar-refractivity contribution in [1.82, 2.24) is 0 Å². The summed E-state index contributed by atoms with van der Waals surface area (Å²) in [6, 6.07) is 2.40. The van der Waals surface area contributed by atoms with Gasteiger partial charge in [-0.25, -0.2) is 0 Å². The van der Waals surface area contributed by atoms with Crippen molar-refractivity contribution < 1.29 is 4.43 Å². The van der Waals surface area contributed by atoms with Crippen molar-refractivity contribution in [3.8, 4) is 0 Å². The minimum Gasteiger partial charge on any atom is -0.407 e. The largest absolute Gasteiger partial charge is 0.407 e. The second kappa shape index (κ2) is 4.05. The molecule has 1 aliphatic heterocycles. The van der Waals surface area contributed by atoms with E-state index in [2.05, 4.69) is 25.8 Å². The van der Waals surface area contributed by atoms with Crippen molar-refractivity contribution in [3.63, 3.8) is 0 Å². The van der Waals surface area contributed by atoms with E-state index in [1.807, 2.05) is 6.08 Å². The zero-order valence-electron chi connectivity index (χ0n) is 7.88. The molecule has 68 valence electrons. The van der Waals surface area contributed by atoms with E-state index < -0.39 is 8.32 Å². The summed E-state index contributed by atoms with van der Waals surface area (Å²) in [5.41, 5.74) is 2.09. The maximum atomic E-state index is 6.02. The minimum absolute atomic E-state index is 0.295. The molecule has 1 saturated heterocycles. The molecule has 0 bridgehead atoms. The standard InChI is InChI=1S/C10H18OSi/c1-4-10-8-7-9-12(5-2,6-3)11-10/h4-5,10H,1-2,6-9H2,3H3. The van der Waals surface area contributed by atoms with Gasteiger partial charge in [0, 0.05) is 0 Å². The molecule has 1 fully saturated rings. The summed E-state index contributed by atoms with van der Waals surface area (Å²) in [6.07, 6.45) is 4.65. The zero-order chi connectivity index (χ0) is 9.03. The van der Waals surface area contributed by atoms with Crippen LogP contribution in [0.15, 0.2) is 24.9 Å². The third kappa shape index (κ3) is 1.87. The fraction of sp³-hybridized carbons (Fsp3) is 0.600. The van der Waals surface area contributed by atoms with Crippen LogP contribution in [0.5, 0.6) is 0 Å². The lowest BCUT2D eigenvalue weighted by molar-refractivity contribution is 0.206. The van der Waals surface area contributed by atoms with Gasteiger partial charge in [0.05, 0.1) is 6.10 Å². The van der Waals surface area contributed by atoms with E-state index in [-0.39, 0.29) is 0 Å². The second-order valence-corrected chi connectivity index (χ2v) is 7.39. The van der Waals surface area contributed by atoms with Gasteiger partial charge >= 0.3 is 0 Å². The molecule has 2 unspecified atom stereocenters. The molecule has 2 heteroatoms. The molecule has 0 spiro atoms. The van der Waals surface area contributed by atoms with Gasteiger partial charge in [-0.2, -0.15) is 0 Å². The maximum Gasteiger partial charge on any atom is 0.217 e. The number of hydrogen-bond donors (Lipinski definition) is 0. The Balaban J connectivity index is 2.64. The Hall–Kier alpha value is -0.343. The fourth-order valence-electron chi connectivity index (χ4n) is 1.74. The Bertz CT molecular complexity index is 179. The van der Waals surface area contributed by atoms with Gasteiger partial charge in [-0.3, -0.25) is 0 Å². The first-order chi connectivity index (χ1) is 5.76. The first-order valence-corrected chi connectivity index (χ1v) is 7.10. The van der Waals surface area contributed by atoms with Crippen LogP contribution >= 0.6 is 0 Å². The van der Waals surface area contributed by atoms with E-state index in [0.717, 1.165) is 12.5 Å². The highest BCUT2D eigenvalue weighted by Crippen LogP contribution is 2.29. The van der Waals surface area contributed by atoms with E-state index in [9.17, 15) is 0 Å². The van der Waals surface area contributed by atoms with Crippen LogP contribution < -0.4 is 0 Å². The molecule has 0 aromatic heterocycles. The molecular formula is C10H18OSi. The Labute approximate surface area is 76.3 Å². The van der Waals surface area contributed by atoms with E-state index in [4.69, 9.17) is 4.43 Å². The van der Waals surface area contributed by atoms with E-state index in [1.54, 1.807) is 0 Å². The van der Waals surface area contributed by atoms with Gasteiger partial charge in [-0.1, -0.05) is 25.1 Å². The molecule has 0 N–H and O–H groups in total. The number of hydrogen-bond acceptors (Lipinski definition) is 1. The van der Waals surface area contributed by atoms with Gasteiger partial charge in [0.1, 0.15) is 0 Å². The van der Waals surface area contributed by atoms with Crippen LogP contribution in [0.25, 0.3) is 0 Å². The van der Waals surface area contributed by atoms with E-state index >= 15 is 0 Å². The van der Waals surface area contributed by atoms with Crippen molar-refractivity contribution >= 4 is 8.32 Å². The highest BCUT2D eigenvalue weighted by atomic mass is 28.4. The van der Waals surface area contributed by atoms with E-state index in [1.165, 1.54) is 12.5 Å². The van der Waals surface area contributed by atoms with Gasteiger partial charge in [-0.05, 0) is 18.5 Å². The van der Waals surface area contributed by atoms with Crippen LogP contribution in [-0.4, -0.2) is 14.4 Å². The minimum atomic E-state index is -1.52. The molecule has 0 aromatic rings. The van der Waals surface area contributed by atoms with Crippen LogP contribution in [0.2, 0.25) is 12.1 Å². The molecule has 2 atom stereocenters. The first kappa shape index (κ1) is 9.74. The van der Waals surface area contributed by atoms with Crippen LogP contribution in [0, 0.1) is 0 Å². The zero-order valence-corrected chi connectivity index (χ0v) is 8.88. The topological polar surface area (TPSA) is 9.23 Å². The summed E-state index contributed by atoms with van der Waals surface area (Å²) in [6.45, 7) is 9.89. The smallest absolute Gasteiger partial charge is 0.217 e. The van der Waals surface area contributed by atoms with Crippen molar-refractivity contribution in [2.75, 3.05) is 0 Å². The van der Waals surface area contributed by atoms with Crippen LogP contribution in [0.4, 0.5) is 0 Å². The lowest BCUT2D eigenvalue weighted by atomic mass is 10.2. The predicted octanol–water partition coefficient (Wildman–Crippen LogP) is 3.04. The molecule has 1 nitrogen and oxygen atoms in total. The van der Waals surface area contributed by atoms with Crippen LogP contribution in [-0.2, 0) is 4.43 Å². The van der Waals surface area contributed by atoms with Crippen LogP contribution in [0.3, 0.4) is 0 Å². The molecule has 1 heterocycles. The molecular weight excluding hydrogens is 164 g/mol. The lowest BCUT2D eigenvalue weighted by Crippen LogP contribution is -2.42. The molecule has 0 amide bonds. The van der Waals surface area contributed by atoms with Gasteiger partial charge in [0.15, 0.2) is 0 Å². The molecule has 0 saturated carbocycles. The highest BCUT2D eigenvalue weighted by molar-refractivity contribution is 6.78. The van der Waals surface area contributed by atoms with Gasteiger partial charge in [0.25, 0.3) is 0 Å². The molecule has 1 aliphatic rings. The fourth-order valence-corrected chi connectivity index (χ4v) is 4.59. The highest BCUT2D eigenvalue weighted by Gasteiger charge is 2.34. The third-order valence-electron chi connectivity index (χ3n) is 2.71. The Morgan fingerprint density at radius 3 is 2.83 bits per heavy atom. The number of rotatable bonds is 3. The second-order valence-electron chi connectivity index (χ2n) is 3.41. The Kier molecular flexibility index (Phi) is 3.29. The average molecular weight is 182 g/mol. The predicted molar refractivity (Wildman–Crippen MR) is 55.5 cm³/mol. The van der Waals surface area contributed by atoms with E-state index in [0.29, 0.717) is 6.10 Å². The van der Waals surface area contributed by atoms with Gasteiger partial charge in [-0.15, -0.1) is 13.2 Å². The van der Waals surface area contributed by atoms with Gasteiger partial charge < -0.3 is 4.43 Å². The molecule has 0 aliphatic carbocycles. The van der Waals surface area contributed by atoms with Gasteiger partial charge in [0.2, 0.25) is 8.32 Å². The summed E-state index contributed by atoms with van der Waals surface area (Å²) in [5.74, 6) is 0. The third-order valence-corrected chi connectivity index (χ3v) is 6.62. The maximum absolute atomic E-state index is 6.02. The molecule has 1 rings (SSSR count).